The number of thiazole rings is 1. The number of aryl methyl sites for hydroxylation is 1. The SMILES string of the molecule is CCCc1ncncc1C(=O)N(C)Cc1csc(-c2cccs2)n1. The van der Waals surface area contributed by atoms with E-state index in [0.29, 0.717) is 12.1 Å². The average Bonchev–Trinajstić information content (AvgIpc) is 3.26. The lowest BCUT2D eigenvalue weighted by molar-refractivity contribution is 0.0781. The second-order valence-electron chi connectivity index (χ2n) is 5.42. The van der Waals surface area contributed by atoms with Gasteiger partial charge in [0, 0.05) is 18.6 Å². The molecule has 3 rings (SSSR count). The normalized spacial score (nSPS) is 10.8. The Morgan fingerprint density at radius 1 is 1.33 bits per heavy atom. The standard InChI is InChI=1S/C17H18N4OS2/c1-3-5-14-13(8-18-11-19-14)17(22)21(2)9-12-10-24-16(20-12)15-6-4-7-23-15/h4,6-8,10-11H,3,5,9H2,1-2H3. The zero-order valence-corrected chi connectivity index (χ0v) is 15.2. The molecule has 0 aromatic carbocycles. The summed E-state index contributed by atoms with van der Waals surface area (Å²) in [5.41, 5.74) is 2.28. The molecule has 5 nitrogen and oxygen atoms in total. The monoisotopic (exact) mass is 358 g/mol. The molecular formula is C17H18N4OS2. The Hall–Kier alpha value is -2.12. The summed E-state index contributed by atoms with van der Waals surface area (Å²) in [5, 5.41) is 5.04. The van der Waals surface area contributed by atoms with Crippen LogP contribution in [-0.4, -0.2) is 32.8 Å². The topological polar surface area (TPSA) is 59.0 Å². The van der Waals surface area contributed by atoms with E-state index in [4.69, 9.17) is 0 Å². The van der Waals surface area contributed by atoms with Gasteiger partial charge in [-0.3, -0.25) is 4.79 Å². The van der Waals surface area contributed by atoms with Crippen LogP contribution in [0.15, 0.2) is 35.4 Å². The summed E-state index contributed by atoms with van der Waals surface area (Å²) in [6.45, 7) is 2.54. The van der Waals surface area contributed by atoms with Crippen molar-refractivity contribution in [1.29, 1.82) is 0 Å². The van der Waals surface area contributed by atoms with Crippen LogP contribution in [0.25, 0.3) is 9.88 Å². The minimum absolute atomic E-state index is 0.0651. The largest absolute Gasteiger partial charge is 0.336 e. The highest BCUT2D eigenvalue weighted by molar-refractivity contribution is 7.20. The Kier molecular flexibility index (Phi) is 5.32. The van der Waals surface area contributed by atoms with Crippen LogP contribution in [0, 0.1) is 0 Å². The smallest absolute Gasteiger partial charge is 0.257 e. The zero-order valence-electron chi connectivity index (χ0n) is 13.6. The molecule has 0 atom stereocenters. The van der Waals surface area contributed by atoms with Crippen molar-refractivity contribution in [1.82, 2.24) is 19.9 Å². The van der Waals surface area contributed by atoms with Gasteiger partial charge in [0.2, 0.25) is 0 Å². The zero-order chi connectivity index (χ0) is 16.9. The van der Waals surface area contributed by atoms with Crippen LogP contribution in [0.3, 0.4) is 0 Å². The van der Waals surface area contributed by atoms with E-state index in [1.165, 1.54) is 6.33 Å². The van der Waals surface area contributed by atoms with Crippen molar-refractivity contribution in [2.24, 2.45) is 0 Å². The van der Waals surface area contributed by atoms with E-state index in [-0.39, 0.29) is 5.91 Å². The molecule has 0 bridgehead atoms. The van der Waals surface area contributed by atoms with Crippen LogP contribution < -0.4 is 0 Å². The highest BCUT2D eigenvalue weighted by Crippen LogP contribution is 2.28. The van der Waals surface area contributed by atoms with Crippen LogP contribution in [0.1, 0.15) is 35.1 Å². The van der Waals surface area contributed by atoms with E-state index in [2.05, 4.69) is 27.9 Å². The van der Waals surface area contributed by atoms with Crippen molar-refractivity contribution in [3.05, 3.63) is 52.4 Å². The molecule has 0 N–H and O–H groups in total. The van der Waals surface area contributed by atoms with Gasteiger partial charge in [-0.25, -0.2) is 15.0 Å². The molecule has 0 saturated heterocycles. The third-order valence-corrected chi connectivity index (χ3v) is 5.47. The summed E-state index contributed by atoms with van der Waals surface area (Å²) in [5.74, 6) is -0.0651. The molecule has 3 heterocycles. The maximum absolute atomic E-state index is 12.7. The number of hydrogen-bond donors (Lipinski definition) is 0. The van der Waals surface area contributed by atoms with Crippen LogP contribution in [-0.2, 0) is 13.0 Å². The van der Waals surface area contributed by atoms with E-state index in [0.717, 1.165) is 34.1 Å². The molecular weight excluding hydrogens is 340 g/mol. The molecule has 0 fully saturated rings. The maximum atomic E-state index is 12.7. The maximum Gasteiger partial charge on any atom is 0.257 e. The lowest BCUT2D eigenvalue weighted by Gasteiger charge is -2.17. The minimum atomic E-state index is -0.0651. The third kappa shape index (κ3) is 3.68. The van der Waals surface area contributed by atoms with Gasteiger partial charge in [0.1, 0.15) is 11.3 Å². The van der Waals surface area contributed by atoms with Gasteiger partial charge in [0.05, 0.1) is 28.4 Å². The minimum Gasteiger partial charge on any atom is -0.336 e. The van der Waals surface area contributed by atoms with Crippen molar-refractivity contribution in [3.8, 4) is 9.88 Å². The number of rotatable bonds is 6. The number of thiophene rings is 1. The Labute approximate surface area is 149 Å². The van der Waals surface area contributed by atoms with Crippen molar-refractivity contribution < 1.29 is 4.79 Å². The van der Waals surface area contributed by atoms with Gasteiger partial charge in [0.15, 0.2) is 0 Å². The first-order valence-electron chi connectivity index (χ1n) is 7.71. The summed E-state index contributed by atoms with van der Waals surface area (Å²) in [6.07, 6.45) is 4.82. The van der Waals surface area contributed by atoms with Crippen molar-refractivity contribution in [3.63, 3.8) is 0 Å². The fourth-order valence-corrected chi connectivity index (χ4v) is 4.01. The molecule has 0 unspecified atom stereocenters. The first-order valence-corrected chi connectivity index (χ1v) is 9.47. The van der Waals surface area contributed by atoms with E-state index < -0.39 is 0 Å². The Balaban J connectivity index is 1.73. The van der Waals surface area contributed by atoms with Gasteiger partial charge in [-0.1, -0.05) is 19.4 Å². The summed E-state index contributed by atoms with van der Waals surface area (Å²) < 4.78 is 0. The summed E-state index contributed by atoms with van der Waals surface area (Å²) >= 11 is 3.27. The Morgan fingerprint density at radius 3 is 2.96 bits per heavy atom. The van der Waals surface area contributed by atoms with Crippen LogP contribution in [0.4, 0.5) is 0 Å². The number of nitrogens with zero attached hydrogens (tertiary/aromatic N) is 4. The molecule has 3 aromatic heterocycles. The fourth-order valence-electron chi connectivity index (χ4n) is 2.38. The van der Waals surface area contributed by atoms with Crippen molar-refractivity contribution in [2.75, 3.05) is 7.05 Å². The molecule has 1 amide bonds. The van der Waals surface area contributed by atoms with E-state index in [9.17, 15) is 4.79 Å². The third-order valence-electron chi connectivity index (χ3n) is 3.54. The number of amides is 1. The number of carbonyl (C=O) groups is 1. The lowest BCUT2D eigenvalue weighted by atomic mass is 10.1. The molecule has 124 valence electrons. The van der Waals surface area contributed by atoms with Crippen LogP contribution in [0.2, 0.25) is 0 Å². The van der Waals surface area contributed by atoms with Gasteiger partial charge in [-0.2, -0.15) is 0 Å². The molecule has 0 aliphatic heterocycles. The predicted molar refractivity (Wildman–Crippen MR) is 97.3 cm³/mol. The van der Waals surface area contributed by atoms with E-state index >= 15 is 0 Å². The summed E-state index contributed by atoms with van der Waals surface area (Å²) in [6, 6.07) is 4.07. The Bertz CT molecular complexity index is 814. The van der Waals surface area contributed by atoms with Crippen LogP contribution >= 0.6 is 22.7 Å². The molecule has 0 saturated carbocycles. The van der Waals surface area contributed by atoms with E-state index in [1.807, 2.05) is 16.8 Å². The molecule has 0 aliphatic carbocycles. The van der Waals surface area contributed by atoms with Gasteiger partial charge in [-0.05, 0) is 17.9 Å². The van der Waals surface area contributed by atoms with Gasteiger partial charge < -0.3 is 4.90 Å². The van der Waals surface area contributed by atoms with Gasteiger partial charge >= 0.3 is 0 Å². The quantitative estimate of drug-likeness (QED) is 0.671. The second-order valence-corrected chi connectivity index (χ2v) is 7.22. The molecule has 0 spiro atoms. The fraction of sp³-hybridized carbons (Fsp3) is 0.294. The van der Waals surface area contributed by atoms with Crippen molar-refractivity contribution in [2.45, 2.75) is 26.3 Å². The highest BCUT2D eigenvalue weighted by Gasteiger charge is 2.18. The summed E-state index contributed by atoms with van der Waals surface area (Å²) in [7, 11) is 1.79. The van der Waals surface area contributed by atoms with Gasteiger partial charge in [0.25, 0.3) is 5.91 Å². The Morgan fingerprint density at radius 2 is 2.21 bits per heavy atom. The number of hydrogen-bond acceptors (Lipinski definition) is 6. The lowest BCUT2D eigenvalue weighted by Crippen LogP contribution is -2.27. The van der Waals surface area contributed by atoms with Crippen molar-refractivity contribution >= 4 is 28.6 Å². The summed E-state index contributed by atoms with van der Waals surface area (Å²) in [4.78, 5) is 28.4. The number of carbonyl (C=O) groups excluding carboxylic acids is 1. The van der Waals surface area contributed by atoms with Crippen LogP contribution in [0.5, 0.6) is 0 Å². The number of aromatic nitrogens is 3. The molecule has 24 heavy (non-hydrogen) atoms. The second kappa shape index (κ2) is 7.63. The average molecular weight is 358 g/mol. The predicted octanol–water partition coefficient (Wildman–Crippen LogP) is 3.89. The molecule has 3 aromatic rings. The first kappa shape index (κ1) is 16.7. The highest BCUT2D eigenvalue weighted by atomic mass is 32.1. The van der Waals surface area contributed by atoms with E-state index in [1.54, 1.807) is 40.8 Å². The molecule has 7 heteroatoms. The molecule has 0 radical (unpaired) electrons. The molecule has 0 aliphatic rings. The van der Waals surface area contributed by atoms with Gasteiger partial charge in [-0.15, -0.1) is 22.7 Å². The first-order chi connectivity index (χ1) is 11.7.